The monoisotopic (exact) mass is 454 g/mol. The van der Waals surface area contributed by atoms with Gasteiger partial charge in [0.1, 0.15) is 12.4 Å². The van der Waals surface area contributed by atoms with Crippen molar-refractivity contribution in [1.82, 2.24) is 0 Å². The first-order valence-electron chi connectivity index (χ1n) is 11.5. The molecule has 2 nitrogen and oxygen atoms in total. The third kappa shape index (κ3) is 5.18. The van der Waals surface area contributed by atoms with Gasteiger partial charge in [0, 0.05) is 5.56 Å². The lowest BCUT2D eigenvalue weighted by Gasteiger charge is -2.28. The van der Waals surface area contributed by atoms with E-state index in [9.17, 15) is 13.2 Å². The third-order valence-electron chi connectivity index (χ3n) is 6.79. The van der Waals surface area contributed by atoms with Gasteiger partial charge in [0.2, 0.25) is 0 Å². The molecule has 33 heavy (non-hydrogen) atoms. The topological polar surface area (TPSA) is 18.5 Å². The Balaban J connectivity index is 1.41. The van der Waals surface area contributed by atoms with Crippen LogP contribution >= 0.6 is 0 Å². The Morgan fingerprint density at radius 2 is 1.52 bits per heavy atom. The van der Waals surface area contributed by atoms with E-state index in [0.717, 1.165) is 37.7 Å². The second kappa shape index (κ2) is 10.3. The van der Waals surface area contributed by atoms with Gasteiger partial charge in [0.25, 0.3) is 0 Å². The summed E-state index contributed by atoms with van der Waals surface area (Å²) >= 11 is 0. The lowest BCUT2D eigenvalue weighted by molar-refractivity contribution is 0.294. The maximum atomic E-state index is 14.8. The van der Waals surface area contributed by atoms with Gasteiger partial charge in [-0.1, -0.05) is 43.7 Å². The van der Waals surface area contributed by atoms with Crippen molar-refractivity contribution in [3.8, 4) is 22.6 Å². The fourth-order valence-corrected chi connectivity index (χ4v) is 4.66. The summed E-state index contributed by atoms with van der Waals surface area (Å²) in [4.78, 5) is 0. The Bertz CT molecular complexity index is 1090. The van der Waals surface area contributed by atoms with Gasteiger partial charge < -0.3 is 9.47 Å². The Morgan fingerprint density at radius 3 is 2.15 bits per heavy atom. The van der Waals surface area contributed by atoms with Gasteiger partial charge in [-0.25, -0.2) is 13.2 Å². The molecule has 4 rings (SSSR count). The summed E-state index contributed by atoms with van der Waals surface area (Å²) in [6.45, 7) is 2.12. The number of benzene rings is 3. The lowest BCUT2D eigenvalue weighted by atomic mass is 9.77. The molecule has 1 fully saturated rings. The van der Waals surface area contributed by atoms with E-state index in [-0.39, 0.29) is 23.8 Å². The van der Waals surface area contributed by atoms with E-state index < -0.39 is 17.5 Å². The summed E-state index contributed by atoms with van der Waals surface area (Å²) in [6.07, 6.45) is 5.13. The van der Waals surface area contributed by atoms with Crippen LogP contribution in [-0.2, 0) is 6.61 Å². The summed E-state index contributed by atoms with van der Waals surface area (Å²) in [5, 5.41) is 0. The number of hydrogen-bond donors (Lipinski definition) is 0. The van der Waals surface area contributed by atoms with Crippen LogP contribution in [0, 0.1) is 23.4 Å². The van der Waals surface area contributed by atoms with Crippen molar-refractivity contribution in [1.29, 1.82) is 0 Å². The van der Waals surface area contributed by atoms with Crippen LogP contribution in [0.15, 0.2) is 54.6 Å². The molecule has 174 valence electrons. The van der Waals surface area contributed by atoms with Gasteiger partial charge in [-0.3, -0.25) is 0 Å². The van der Waals surface area contributed by atoms with E-state index in [1.54, 1.807) is 48.5 Å². The predicted octanol–water partition coefficient (Wildman–Crippen LogP) is 8.04. The average molecular weight is 455 g/mol. The molecule has 0 aromatic heterocycles. The highest BCUT2D eigenvalue weighted by Crippen LogP contribution is 2.38. The molecule has 0 atom stereocenters. The molecule has 0 N–H and O–H groups in total. The van der Waals surface area contributed by atoms with Crippen LogP contribution in [-0.4, -0.2) is 7.11 Å². The molecule has 0 amide bonds. The summed E-state index contributed by atoms with van der Waals surface area (Å²) in [5.74, 6) is -0.496. The molecule has 0 saturated heterocycles. The maximum Gasteiger partial charge on any atom is 0.165 e. The van der Waals surface area contributed by atoms with Gasteiger partial charge in [-0.05, 0) is 78.5 Å². The molecule has 1 aliphatic rings. The summed E-state index contributed by atoms with van der Waals surface area (Å²) in [6, 6.07) is 15.1. The van der Waals surface area contributed by atoms with Gasteiger partial charge in [0.15, 0.2) is 23.2 Å². The zero-order chi connectivity index (χ0) is 23.4. The summed E-state index contributed by atoms with van der Waals surface area (Å²) in [7, 11) is 1.42. The predicted molar refractivity (Wildman–Crippen MR) is 124 cm³/mol. The zero-order valence-corrected chi connectivity index (χ0v) is 19.0. The Labute approximate surface area is 193 Å². The van der Waals surface area contributed by atoms with Gasteiger partial charge in [-0.15, -0.1) is 0 Å². The van der Waals surface area contributed by atoms with Crippen LogP contribution in [0.2, 0.25) is 0 Å². The molecule has 0 radical (unpaired) electrons. The summed E-state index contributed by atoms with van der Waals surface area (Å²) in [5.41, 5.74) is 2.20. The highest BCUT2D eigenvalue weighted by molar-refractivity contribution is 5.65. The molecule has 3 aromatic carbocycles. The van der Waals surface area contributed by atoms with Crippen molar-refractivity contribution in [2.75, 3.05) is 7.11 Å². The molecule has 0 aliphatic heterocycles. The van der Waals surface area contributed by atoms with Crippen LogP contribution in [0.4, 0.5) is 13.2 Å². The van der Waals surface area contributed by atoms with E-state index in [4.69, 9.17) is 9.47 Å². The van der Waals surface area contributed by atoms with E-state index in [2.05, 4.69) is 6.92 Å². The van der Waals surface area contributed by atoms with Gasteiger partial charge in [-0.2, -0.15) is 0 Å². The van der Waals surface area contributed by atoms with E-state index >= 15 is 0 Å². The zero-order valence-electron chi connectivity index (χ0n) is 19.0. The first kappa shape index (κ1) is 23.2. The van der Waals surface area contributed by atoms with Crippen molar-refractivity contribution in [2.24, 2.45) is 5.92 Å². The Morgan fingerprint density at radius 1 is 0.818 bits per heavy atom. The third-order valence-corrected chi connectivity index (χ3v) is 6.79. The second-order valence-corrected chi connectivity index (χ2v) is 8.73. The first-order chi connectivity index (χ1) is 16.0. The fourth-order valence-electron chi connectivity index (χ4n) is 4.66. The minimum Gasteiger partial charge on any atom is -0.494 e. The average Bonchev–Trinajstić information content (AvgIpc) is 2.85. The number of hydrogen-bond acceptors (Lipinski definition) is 2. The van der Waals surface area contributed by atoms with E-state index in [0.29, 0.717) is 22.8 Å². The standard InChI is InChI=1S/C28H29F3O2/c1-3-18-4-6-20(7-5-18)24-14-10-22(27(30)28(24)31)17-33-23-12-8-19(9-13-23)21-11-15-26(32-2)25(29)16-21/h8-16,18,20H,3-7,17H2,1-2H3. The van der Waals surface area contributed by atoms with Crippen molar-refractivity contribution in [3.63, 3.8) is 0 Å². The second-order valence-electron chi connectivity index (χ2n) is 8.73. The number of rotatable bonds is 7. The van der Waals surface area contributed by atoms with Crippen LogP contribution in [0.25, 0.3) is 11.1 Å². The molecular formula is C28H29F3O2. The first-order valence-corrected chi connectivity index (χ1v) is 11.5. The number of halogens is 3. The minimum atomic E-state index is -0.824. The molecule has 0 bridgehead atoms. The molecule has 1 saturated carbocycles. The number of methoxy groups -OCH3 is 1. The van der Waals surface area contributed by atoms with Crippen LogP contribution in [0.1, 0.15) is 56.1 Å². The minimum absolute atomic E-state index is 0.0673. The molecule has 1 aliphatic carbocycles. The fraction of sp³-hybridized carbons (Fsp3) is 0.357. The normalized spacial score (nSPS) is 18.2. The largest absolute Gasteiger partial charge is 0.494 e. The molecule has 5 heteroatoms. The lowest BCUT2D eigenvalue weighted by Crippen LogP contribution is -2.15. The molecule has 0 spiro atoms. The Kier molecular flexibility index (Phi) is 7.26. The molecule has 0 unspecified atom stereocenters. The highest BCUT2D eigenvalue weighted by Gasteiger charge is 2.25. The van der Waals surface area contributed by atoms with Crippen LogP contribution in [0.3, 0.4) is 0 Å². The van der Waals surface area contributed by atoms with Crippen molar-refractivity contribution in [3.05, 3.63) is 83.2 Å². The SMILES string of the molecule is CCC1CCC(c2ccc(COc3ccc(-c4ccc(OC)c(F)c4)cc3)c(F)c2F)CC1. The van der Waals surface area contributed by atoms with Crippen molar-refractivity contribution < 1.29 is 22.6 Å². The van der Waals surface area contributed by atoms with Crippen molar-refractivity contribution >= 4 is 0 Å². The van der Waals surface area contributed by atoms with E-state index in [1.165, 1.54) is 13.2 Å². The maximum absolute atomic E-state index is 14.8. The van der Waals surface area contributed by atoms with Gasteiger partial charge in [0.05, 0.1) is 7.11 Å². The molecule has 3 aromatic rings. The van der Waals surface area contributed by atoms with Crippen molar-refractivity contribution in [2.45, 2.75) is 51.6 Å². The number of ether oxygens (including phenoxy) is 2. The quantitative estimate of drug-likeness (QED) is 0.360. The summed E-state index contributed by atoms with van der Waals surface area (Å²) < 4.78 is 54.2. The van der Waals surface area contributed by atoms with Crippen LogP contribution in [0.5, 0.6) is 11.5 Å². The highest BCUT2D eigenvalue weighted by atomic mass is 19.2. The Hall–Kier alpha value is -2.95. The van der Waals surface area contributed by atoms with Crippen LogP contribution < -0.4 is 9.47 Å². The smallest absolute Gasteiger partial charge is 0.165 e. The van der Waals surface area contributed by atoms with E-state index in [1.807, 2.05) is 0 Å². The van der Waals surface area contributed by atoms with Gasteiger partial charge >= 0.3 is 0 Å². The molecule has 0 heterocycles. The molecular weight excluding hydrogens is 425 g/mol.